The van der Waals surface area contributed by atoms with E-state index in [0.717, 1.165) is 6.08 Å². The van der Waals surface area contributed by atoms with Crippen molar-refractivity contribution in [2.75, 3.05) is 26.9 Å². The van der Waals surface area contributed by atoms with Crippen LogP contribution in [-0.2, 0) is 44.4 Å². The number of hydrogen-bond donors (Lipinski definition) is 10. The second-order valence-corrected chi connectivity index (χ2v) is 13.0. The lowest BCUT2D eigenvalue weighted by atomic mass is 9.96. The third-order valence-electron chi connectivity index (χ3n) is 9.20. The van der Waals surface area contributed by atoms with Gasteiger partial charge in [0.25, 0.3) is 0 Å². The maximum atomic E-state index is 13.3. The quantitative estimate of drug-likeness (QED) is 0.0585. The summed E-state index contributed by atoms with van der Waals surface area (Å²) in [5.41, 5.74) is 0.951. The molecule has 3 aliphatic heterocycles. The van der Waals surface area contributed by atoms with Gasteiger partial charge in [0.15, 0.2) is 48.0 Å². The van der Waals surface area contributed by atoms with E-state index in [0.29, 0.717) is 11.1 Å². The fourth-order valence-corrected chi connectivity index (χ4v) is 6.09. The third-order valence-corrected chi connectivity index (χ3v) is 9.20. The summed E-state index contributed by atoms with van der Waals surface area (Å²) in [5, 5.41) is 103. The number of esters is 1. The number of benzene rings is 2. The molecule has 3 heterocycles. The zero-order valence-corrected chi connectivity index (χ0v) is 29.2. The molecule has 14 atom stereocenters. The van der Waals surface area contributed by atoms with E-state index in [1.807, 2.05) is 0 Å². The number of methoxy groups -OCH3 is 1. The normalized spacial score (nSPS) is 35.9. The van der Waals surface area contributed by atoms with Crippen LogP contribution in [0.2, 0.25) is 0 Å². The van der Waals surface area contributed by atoms with E-state index < -0.39 is 105 Å². The van der Waals surface area contributed by atoms with Crippen molar-refractivity contribution in [1.29, 1.82) is 0 Å². The largest absolute Gasteiger partial charge is 0.504 e. The van der Waals surface area contributed by atoms with Crippen molar-refractivity contribution in [2.45, 2.75) is 99.4 Å². The van der Waals surface area contributed by atoms with E-state index >= 15 is 0 Å². The summed E-state index contributed by atoms with van der Waals surface area (Å²) < 4.78 is 46.2. The fraction of sp³-hybridized carbons (Fsp3) is 0.571. The Morgan fingerprint density at radius 3 is 2.20 bits per heavy atom. The molecule has 0 spiro atoms. The summed E-state index contributed by atoms with van der Waals surface area (Å²) in [4.78, 5) is 13.3. The third kappa shape index (κ3) is 9.58. The highest BCUT2D eigenvalue weighted by atomic mass is 16.8. The van der Waals surface area contributed by atoms with Crippen LogP contribution in [0.3, 0.4) is 0 Å². The molecule has 3 aliphatic rings. The lowest BCUT2D eigenvalue weighted by Gasteiger charge is -2.49. The van der Waals surface area contributed by atoms with Crippen molar-refractivity contribution in [3.8, 4) is 23.0 Å². The topological polar surface area (TPSA) is 293 Å². The maximum Gasteiger partial charge on any atom is 0.331 e. The lowest BCUT2D eigenvalue weighted by molar-refractivity contribution is -0.385. The highest BCUT2D eigenvalue weighted by Crippen LogP contribution is 2.35. The molecule has 10 N–H and O–H groups in total. The molecule has 0 aromatic heterocycles. The summed E-state index contributed by atoms with van der Waals surface area (Å²) in [6.07, 6.45) is -20.1. The van der Waals surface area contributed by atoms with E-state index in [1.165, 1.54) is 56.5 Å². The minimum atomic E-state index is -1.87. The first-order valence-corrected chi connectivity index (χ1v) is 17.0. The van der Waals surface area contributed by atoms with Crippen LogP contribution in [0.4, 0.5) is 0 Å². The number of phenolic OH excluding ortho intramolecular Hbond substituents is 3. The van der Waals surface area contributed by atoms with Gasteiger partial charge in [-0.05, 0) is 54.8 Å². The molecular formula is C35H46O19. The molecule has 0 saturated carbocycles. The molecule has 19 nitrogen and oxygen atoms in total. The SMILES string of the molecule is COc1cc(/C=C/C(=O)OC2C(CO)OC(OCCc3ccc(O)c(O)c3)C(OC3OCC(O)C(O)C3O)C2OC2OC(C)C(O)C(O)C2O)ccc1O. The zero-order valence-electron chi connectivity index (χ0n) is 29.2. The molecule has 19 heteroatoms. The molecule has 0 aliphatic carbocycles. The molecule has 3 saturated heterocycles. The molecule has 2 aromatic rings. The van der Waals surface area contributed by atoms with Crippen molar-refractivity contribution in [2.24, 2.45) is 0 Å². The van der Waals surface area contributed by atoms with Gasteiger partial charge in [-0.3, -0.25) is 0 Å². The molecule has 54 heavy (non-hydrogen) atoms. The summed E-state index contributed by atoms with van der Waals surface area (Å²) in [5.74, 6) is -1.74. The van der Waals surface area contributed by atoms with Crippen LogP contribution < -0.4 is 4.74 Å². The van der Waals surface area contributed by atoms with Gasteiger partial charge < -0.3 is 89.0 Å². The Hall–Kier alpha value is -3.67. The van der Waals surface area contributed by atoms with Crippen molar-refractivity contribution in [3.05, 3.63) is 53.6 Å². The fourth-order valence-electron chi connectivity index (χ4n) is 6.09. The smallest absolute Gasteiger partial charge is 0.331 e. The van der Waals surface area contributed by atoms with E-state index in [4.69, 9.17) is 37.9 Å². The van der Waals surface area contributed by atoms with E-state index in [-0.39, 0.29) is 36.0 Å². The highest BCUT2D eigenvalue weighted by molar-refractivity contribution is 5.87. The number of phenols is 3. The Bertz CT molecular complexity index is 1570. The van der Waals surface area contributed by atoms with Gasteiger partial charge in [-0.2, -0.15) is 0 Å². The average Bonchev–Trinajstić information content (AvgIpc) is 3.15. The minimum Gasteiger partial charge on any atom is -0.504 e. The predicted molar refractivity (Wildman–Crippen MR) is 179 cm³/mol. The van der Waals surface area contributed by atoms with Crippen molar-refractivity contribution >= 4 is 12.0 Å². The van der Waals surface area contributed by atoms with E-state index in [9.17, 15) is 55.9 Å². The number of rotatable bonds is 13. The molecule has 2 aromatic carbocycles. The van der Waals surface area contributed by atoms with Gasteiger partial charge in [0.2, 0.25) is 0 Å². The van der Waals surface area contributed by atoms with Gasteiger partial charge in [0, 0.05) is 6.08 Å². The van der Waals surface area contributed by atoms with E-state index in [2.05, 4.69) is 0 Å². The number of aliphatic hydroxyl groups excluding tert-OH is 7. The predicted octanol–water partition coefficient (Wildman–Crippen LogP) is -2.25. The van der Waals surface area contributed by atoms with Crippen LogP contribution in [0.5, 0.6) is 23.0 Å². The molecule has 0 radical (unpaired) electrons. The Balaban J connectivity index is 1.48. The average molecular weight is 771 g/mol. The molecule has 5 rings (SSSR count). The van der Waals surface area contributed by atoms with Gasteiger partial charge in [0.05, 0.1) is 33.0 Å². The Labute approximate surface area is 308 Å². The minimum absolute atomic E-state index is 0.125. The van der Waals surface area contributed by atoms with Gasteiger partial charge in [-0.15, -0.1) is 0 Å². The molecule has 0 amide bonds. The van der Waals surface area contributed by atoms with Crippen LogP contribution in [0, 0.1) is 0 Å². The first-order valence-electron chi connectivity index (χ1n) is 17.0. The summed E-state index contributed by atoms with van der Waals surface area (Å²) >= 11 is 0. The van der Waals surface area contributed by atoms with Crippen LogP contribution >= 0.6 is 0 Å². The maximum absolute atomic E-state index is 13.3. The molecular weight excluding hydrogens is 724 g/mol. The standard InChI is InChI=1S/C35H46O19/c1-15-25(42)27(44)29(46)34(50-15)53-31-30(52-24(41)8-5-16-4-7-19(38)22(12-16)47-2)23(13-36)51-35(48-10-9-17-3-6-18(37)20(39)11-17)32(31)54-33-28(45)26(43)21(40)14-49-33/h3-8,11-12,15,21,23,25-40,42-46H,9-10,13-14H2,1-2H3/b8-5+. The van der Waals surface area contributed by atoms with Crippen LogP contribution in [0.1, 0.15) is 18.1 Å². The zero-order chi connectivity index (χ0) is 39.3. The molecule has 300 valence electrons. The van der Waals surface area contributed by atoms with Gasteiger partial charge in [0.1, 0.15) is 54.9 Å². The lowest BCUT2D eigenvalue weighted by Crippen LogP contribution is -2.67. The van der Waals surface area contributed by atoms with Crippen molar-refractivity contribution < 1.29 is 93.8 Å². The Morgan fingerprint density at radius 2 is 1.50 bits per heavy atom. The van der Waals surface area contributed by atoms with Gasteiger partial charge >= 0.3 is 5.97 Å². The van der Waals surface area contributed by atoms with Crippen molar-refractivity contribution in [1.82, 2.24) is 0 Å². The molecule has 3 fully saturated rings. The number of hydrogen-bond acceptors (Lipinski definition) is 19. The van der Waals surface area contributed by atoms with Gasteiger partial charge in [-0.1, -0.05) is 12.1 Å². The van der Waals surface area contributed by atoms with Crippen LogP contribution in [0.25, 0.3) is 6.08 Å². The number of aromatic hydroxyl groups is 3. The Morgan fingerprint density at radius 1 is 0.796 bits per heavy atom. The number of ether oxygens (including phenoxy) is 8. The Kier molecular flexibility index (Phi) is 14.1. The van der Waals surface area contributed by atoms with Gasteiger partial charge in [-0.25, -0.2) is 4.79 Å². The first-order chi connectivity index (χ1) is 25.7. The number of aliphatic hydroxyl groups is 7. The van der Waals surface area contributed by atoms with Crippen molar-refractivity contribution in [3.63, 3.8) is 0 Å². The second-order valence-electron chi connectivity index (χ2n) is 13.0. The number of carbonyl (C=O) groups excluding carboxylic acids is 1. The molecule has 14 unspecified atom stereocenters. The first kappa shape index (κ1) is 41.5. The summed E-state index contributed by atoms with van der Waals surface area (Å²) in [7, 11) is 1.34. The second kappa shape index (κ2) is 18.3. The molecule has 0 bridgehead atoms. The summed E-state index contributed by atoms with van der Waals surface area (Å²) in [6.45, 7) is -0.0528. The number of carbonyl (C=O) groups is 1. The monoisotopic (exact) mass is 770 g/mol. The van der Waals surface area contributed by atoms with Crippen LogP contribution in [-0.4, -0.2) is 170 Å². The highest BCUT2D eigenvalue weighted by Gasteiger charge is 2.55. The summed E-state index contributed by atoms with van der Waals surface area (Å²) in [6, 6.07) is 8.37. The van der Waals surface area contributed by atoms with Crippen LogP contribution in [0.15, 0.2) is 42.5 Å². The van der Waals surface area contributed by atoms with E-state index in [1.54, 1.807) is 0 Å².